The van der Waals surface area contributed by atoms with Gasteiger partial charge in [-0.1, -0.05) is 12.1 Å². The lowest BCUT2D eigenvalue weighted by Gasteiger charge is -2.37. The monoisotopic (exact) mass is 1190 g/mol. The number of methoxy groups -OCH3 is 3. The number of aromatic nitrogens is 4. The van der Waals surface area contributed by atoms with E-state index in [-0.39, 0.29) is 61.8 Å². The van der Waals surface area contributed by atoms with Crippen LogP contribution in [0.1, 0.15) is 74.4 Å². The van der Waals surface area contributed by atoms with Crippen molar-refractivity contribution in [3.63, 3.8) is 0 Å². The number of nitrogens with zero attached hydrogens (tertiary/aromatic N) is 6. The molecule has 19 nitrogen and oxygen atoms in total. The van der Waals surface area contributed by atoms with Crippen molar-refractivity contribution in [3.8, 4) is 22.3 Å². The maximum atomic E-state index is 16.8. The molecule has 10 rings (SSSR count). The Balaban J connectivity index is 0.958. The zero-order chi connectivity index (χ0) is 60.6. The van der Waals surface area contributed by atoms with Crippen LogP contribution >= 0.6 is 0 Å². The Morgan fingerprint density at radius 2 is 1.16 bits per heavy atom. The number of aliphatic hydroxyl groups is 1. The molecule has 6 N–H and O–H groups in total. The number of rotatable bonds is 16. The SMILES string of the molecule is COC(=O)NC(C(=O)N1CCCC1c1nc2cc(-c3ccc(-c4cc5nc(C6CCCN6C(=O)C(NC(=O)OC)C(C)OC)[nH]c5cc4F)cc3CNc3cc(F)c(N4CCN(c5ccc(C(F)(F)F)cc5)CC4)c(F)c3)c(F)cc2[nH]1)C(C)O. The van der Waals surface area contributed by atoms with Crippen LogP contribution < -0.4 is 25.8 Å². The Morgan fingerprint density at radius 1 is 0.647 bits per heavy atom. The van der Waals surface area contributed by atoms with E-state index in [2.05, 4.69) is 30.7 Å². The molecule has 3 aliphatic heterocycles. The third-order valence-electron chi connectivity index (χ3n) is 16.0. The summed E-state index contributed by atoms with van der Waals surface area (Å²) in [6, 6.07) is 13.6. The number of hydrogen-bond acceptors (Lipinski definition) is 13. The van der Waals surface area contributed by atoms with Crippen LogP contribution in [0.15, 0.2) is 78.9 Å². The maximum absolute atomic E-state index is 16.8. The number of halogens is 7. The number of hydrogen-bond donors (Lipinski definition) is 6. The largest absolute Gasteiger partial charge is 0.453 e. The van der Waals surface area contributed by atoms with Gasteiger partial charge in [0, 0.05) is 87.6 Å². The molecule has 7 aromatic rings. The highest BCUT2D eigenvalue weighted by molar-refractivity contribution is 5.89. The molecule has 4 amide bonds. The molecule has 450 valence electrons. The first-order valence-electron chi connectivity index (χ1n) is 27.6. The molecule has 0 saturated carbocycles. The summed E-state index contributed by atoms with van der Waals surface area (Å²) < 4.78 is 120. The summed E-state index contributed by atoms with van der Waals surface area (Å²) in [7, 11) is 3.72. The van der Waals surface area contributed by atoms with Gasteiger partial charge in [0.2, 0.25) is 11.8 Å². The number of amides is 4. The van der Waals surface area contributed by atoms with E-state index in [1.165, 1.54) is 67.3 Å². The first kappa shape index (κ1) is 59.5. The van der Waals surface area contributed by atoms with Crippen molar-refractivity contribution in [2.45, 2.75) is 88.6 Å². The van der Waals surface area contributed by atoms with Crippen LogP contribution in [0.3, 0.4) is 0 Å². The van der Waals surface area contributed by atoms with E-state index in [9.17, 15) is 37.5 Å². The molecule has 0 spiro atoms. The van der Waals surface area contributed by atoms with Crippen LogP contribution in [0.4, 0.5) is 57.4 Å². The highest BCUT2D eigenvalue weighted by Crippen LogP contribution is 2.40. The van der Waals surface area contributed by atoms with E-state index in [4.69, 9.17) is 19.4 Å². The van der Waals surface area contributed by atoms with Crippen molar-refractivity contribution < 1.29 is 69.2 Å². The number of carbonyl (C=O) groups excluding carboxylic acids is 4. The van der Waals surface area contributed by atoms with Gasteiger partial charge in [-0.15, -0.1) is 0 Å². The van der Waals surface area contributed by atoms with Gasteiger partial charge < -0.3 is 64.8 Å². The average molecular weight is 1190 g/mol. The number of nitrogens with one attached hydrogen (secondary N) is 5. The number of ether oxygens (including phenoxy) is 3. The summed E-state index contributed by atoms with van der Waals surface area (Å²) in [5, 5.41) is 18.5. The van der Waals surface area contributed by atoms with Gasteiger partial charge in [-0.05, 0) is 111 Å². The zero-order valence-electron chi connectivity index (χ0n) is 46.9. The molecule has 0 bridgehead atoms. The Kier molecular flexibility index (Phi) is 17.2. The fourth-order valence-electron chi connectivity index (χ4n) is 11.5. The van der Waals surface area contributed by atoms with Gasteiger partial charge in [-0.3, -0.25) is 9.59 Å². The second kappa shape index (κ2) is 24.5. The van der Waals surface area contributed by atoms with E-state index in [0.717, 1.165) is 31.4 Å². The van der Waals surface area contributed by atoms with Crippen LogP contribution in [-0.4, -0.2) is 144 Å². The van der Waals surface area contributed by atoms with Crippen molar-refractivity contribution in [3.05, 3.63) is 125 Å². The van der Waals surface area contributed by atoms with Gasteiger partial charge in [0.05, 0.1) is 66.1 Å². The predicted molar refractivity (Wildman–Crippen MR) is 300 cm³/mol. The average Bonchev–Trinajstić information content (AvgIpc) is 2.65. The van der Waals surface area contributed by atoms with Gasteiger partial charge in [-0.25, -0.2) is 37.1 Å². The molecule has 5 heterocycles. The Labute approximate surface area is 482 Å². The first-order valence-corrected chi connectivity index (χ1v) is 27.6. The second-order valence-corrected chi connectivity index (χ2v) is 21.3. The van der Waals surface area contributed by atoms with Crippen molar-refractivity contribution in [1.82, 2.24) is 40.4 Å². The van der Waals surface area contributed by atoms with Crippen molar-refractivity contribution in [2.24, 2.45) is 0 Å². The quantitative estimate of drug-likeness (QED) is 0.0497. The number of carbonyl (C=O) groups is 4. The minimum absolute atomic E-state index is 0.0156. The Morgan fingerprint density at radius 3 is 1.69 bits per heavy atom. The van der Waals surface area contributed by atoms with Crippen LogP contribution in [0.2, 0.25) is 0 Å². The molecule has 3 fully saturated rings. The van der Waals surface area contributed by atoms with E-state index < -0.39 is 95.4 Å². The summed E-state index contributed by atoms with van der Waals surface area (Å²) in [6.45, 7) is 4.29. The highest BCUT2D eigenvalue weighted by atomic mass is 19.4. The summed E-state index contributed by atoms with van der Waals surface area (Å²) in [5.74, 6) is -3.45. The van der Waals surface area contributed by atoms with Crippen LogP contribution in [0, 0.1) is 23.3 Å². The lowest BCUT2D eigenvalue weighted by Crippen LogP contribution is -2.54. The highest BCUT2D eigenvalue weighted by Gasteiger charge is 2.41. The number of H-pyrrole nitrogens is 2. The van der Waals surface area contributed by atoms with Gasteiger partial charge in [0.1, 0.15) is 41.1 Å². The Hall–Kier alpha value is -8.65. The molecule has 6 unspecified atom stereocenters. The number of anilines is 3. The van der Waals surface area contributed by atoms with Gasteiger partial charge in [0.15, 0.2) is 11.6 Å². The lowest BCUT2D eigenvalue weighted by molar-refractivity contribution is -0.138. The van der Waals surface area contributed by atoms with Crippen molar-refractivity contribution in [1.29, 1.82) is 0 Å². The van der Waals surface area contributed by atoms with E-state index in [1.54, 1.807) is 30.0 Å². The van der Waals surface area contributed by atoms with Crippen LogP contribution in [0.25, 0.3) is 44.3 Å². The number of alkyl carbamates (subject to hydrolysis) is 2. The molecule has 85 heavy (non-hydrogen) atoms. The fraction of sp³-hybridized carbons (Fsp3) is 0.390. The third kappa shape index (κ3) is 12.3. The smallest absolute Gasteiger partial charge is 0.416 e. The van der Waals surface area contributed by atoms with Crippen LogP contribution in [-0.2, 0) is 36.5 Å². The molecule has 3 aliphatic rings. The third-order valence-corrected chi connectivity index (χ3v) is 16.0. The normalized spacial score (nSPS) is 17.9. The Bertz CT molecular complexity index is 3620. The molecule has 6 atom stereocenters. The number of alkyl halides is 3. The van der Waals surface area contributed by atoms with Crippen LogP contribution in [0.5, 0.6) is 0 Å². The summed E-state index contributed by atoms with van der Waals surface area (Å²) in [5.41, 5.74) is 1.88. The molecule has 2 aromatic heterocycles. The van der Waals surface area contributed by atoms with E-state index in [1.807, 2.05) is 4.90 Å². The predicted octanol–water partition coefficient (Wildman–Crippen LogP) is 9.48. The minimum Gasteiger partial charge on any atom is -0.453 e. The molecule has 3 saturated heterocycles. The number of likely N-dealkylation sites (tertiary alicyclic amines) is 2. The van der Waals surface area contributed by atoms with Gasteiger partial charge >= 0.3 is 18.4 Å². The van der Waals surface area contributed by atoms with E-state index in [0.29, 0.717) is 88.3 Å². The number of fused-ring (bicyclic) bond motifs is 2. The number of aliphatic hydroxyl groups excluding tert-OH is 1. The molecule has 5 aromatic carbocycles. The van der Waals surface area contributed by atoms with Gasteiger partial charge in [0.25, 0.3) is 0 Å². The summed E-state index contributed by atoms with van der Waals surface area (Å²) in [4.78, 5) is 74.5. The summed E-state index contributed by atoms with van der Waals surface area (Å²) in [6.07, 6.45) is -6.09. The standard InChI is InChI=1S/C59H62F7N11O8/c1-30(78)50(72-57(81)84-4)55(79)76-16-6-8-48(76)53-69-45-26-39(41(61)28-47(45)71-53)37-15-10-32(38-25-44-46(27-40(38)60)70-54(68-44)49-9-7-17-77(49)56(80)51(31(2)83-3)73-58(82)85-5)22-33(37)29-67-35-23-42(62)52(43(63)24-35)75-20-18-74(19-21-75)36-13-11-34(12-14-36)59(64,65)66/h10-15,22-28,30-31,48-51,67,78H,6-9,16-21,29H2,1-5H3,(H,68,70)(H,69,71)(H,72,81)(H,73,82). The lowest BCUT2D eigenvalue weighted by atomic mass is 9.93. The van der Waals surface area contributed by atoms with Crippen molar-refractivity contribution in [2.75, 3.05) is 75.7 Å². The molecular formula is C59H62F7N11O8. The zero-order valence-corrected chi connectivity index (χ0v) is 46.9. The minimum atomic E-state index is -4.50. The number of aromatic amines is 2. The molecular weight excluding hydrogens is 1120 g/mol. The molecule has 0 aliphatic carbocycles. The first-order chi connectivity index (χ1) is 40.6. The summed E-state index contributed by atoms with van der Waals surface area (Å²) >= 11 is 0. The van der Waals surface area contributed by atoms with Gasteiger partial charge in [-0.2, -0.15) is 13.2 Å². The fourth-order valence-corrected chi connectivity index (χ4v) is 11.5. The maximum Gasteiger partial charge on any atom is 0.416 e. The molecule has 0 radical (unpaired) electrons. The number of benzene rings is 5. The topological polar surface area (TPSA) is 223 Å². The number of piperazine rings is 1. The number of imidazole rings is 2. The second-order valence-electron chi connectivity index (χ2n) is 21.3. The van der Waals surface area contributed by atoms with Crippen molar-refractivity contribution >= 4 is 63.1 Å². The van der Waals surface area contributed by atoms with E-state index >= 15 is 17.6 Å². The molecule has 26 heteroatoms.